The second-order valence-corrected chi connectivity index (χ2v) is 6.09. The average Bonchev–Trinajstić information content (AvgIpc) is 3.34. The molecule has 0 bridgehead atoms. The van der Waals surface area contributed by atoms with Gasteiger partial charge in [-0.1, -0.05) is 35.5 Å². The number of rotatable bonds is 7. The molecular formula is C18H22N4O4. The van der Waals surface area contributed by atoms with Crippen molar-refractivity contribution >= 4 is 17.8 Å². The number of hydrogen-bond acceptors (Lipinski definition) is 5. The van der Waals surface area contributed by atoms with Crippen LogP contribution in [0.4, 0.5) is 10.6 Å². The Labute approximate surface area is 151 Å². The van der Waals surface area contributed by atoms with E-state index in [4.69, 9.17) is 4.74 Å². The quantitative estimate of drug-likeness (QED) is 0.789. The second kappa shape index (κ2) is 9.00. The Bertz CT molecular complexity index is 699. The van der Waals surface area contributed by atoms with Crippen LogP contribution in [-0.2, 0) is 16.1 Å². The van der Waals surface area contributed by atoms with Crippen LogP contribution in [0.25, 0.3) is 0 Å². The lowest BCUT2D eigenvalue weighted by Gasteiger charge is -2.25. The second-order valence-electron chi connectivity index (χ2n) is 6.09. The van der Waals surface area contributed by atoms with Crippen molar-refractivity contribution in [1.29, 1.82) is 0 Å². The third-order valence-corrected chi connectivity index (χ3v) is 4.06. The number of nitrogens with one attached hydrogen (secondary N) is 2. The third kappa shape index (κ3) is 5.32. The van der Waals surface area contributed by atoms with E-state index in [1.54, 1.807) is 0 Å². The Morgan fingerprint density at radius 3 is 2.77 bits per heavy atom. The summed E-state index contributed by atoms with van der Waals surface area (Å²) in [5.41, 5.74) is 0.991. The van der Waals surface area contributed by atoms with Gasteiger partial charge in [0.2, 0.25) is 5.91 Å². The number of benzene rings is 1. The van der Waals surface area contributed by atoms with E-state index in [0.29, 0.717) is 25.5 Å². The molecule has 2 aromatic rings. The molecule has 3 rings (SSSR count). The smallest absolute Gasteiger partial charge is 0.318 e. The molecule has 1 aromatic heterocycles. The number of carbonyl (C=O) groups excluding carboxylic acids is 2. The van der Waals surface area contributed by atoms with Crippen molar-refractivity contribution < 1.29 is 18.8 Å². The van der Waals surface area contributed by atoms with Crippen molar-refractivity contribution in [2.45, 2.75) is 25.5 Å². The molecule has 1 aromatic carbocycles. The molecule has 8 nitrogen and oxygen atoms in total. The number of carbonyl (C=O) groups is 2. The van der Waals surface area contributed by atoms with Crippen LogP contribution in [0, 0.1) is 0 Å². The van der Waals surface area contributed by atoms with Crippen LogP contribution in [0.5, 0.6) is 0 Å². The van der Waals surface area contributed by atoms with Gasteiger partial charge in [0.1, 0.15) is 12.8 Å². The molecule has 3 amide bonds. The lowest BCUT2D eigenvalue weighted by Crippen LogP contribution is -2.47. The Morgan fingerprint density at radius 1 is 1.23 bits per heavy atom. The highest BCUT2D eigenvalue weighted by molar-refractivity contribution is 5.93. The van der Waals surface area contributed by atoms with Crippen LogP contribution in [0.3, 0.4) is 0 Å². The van der Waals surface area contributed by atoms with E-state index in [9.17, 15) is 9.59 Å². The highest BCUT2D eigenvalue weighted by Gasteiger charge is 2.24. The Morgan fingerprint density at radius 2 is 2.08 bits per heavy atom. The van der Waals surface area contributed by atoms with E-state index < -0.39 is 0 Å². The summed E-state index contributed by atoms with van der Waals surface area (Å²) in [5.74, 6) is -0.0245. The summed E-state index contributed by atoms with van der Waals surface area (Å²) in [4.78, 5) is 26.3. The summed E-state index contributed by atoms with van der Waals surface area (Å²) in [5, 5.41) is 9.09. The summed E-state index contributed by atoms with van der Waals surface area (Å²) in [6, 6.07) is 10.8. The summed E-state index contributed by atoms with van der Waals surface area (Å²) in [6.45, 7) is 1.36. The minimum atomic E-state index is -0.341. The number of anilines is 1. The molecule has 26 heavy (non-hydrogen) atoms. The maximum absolute atomic E-state index is 12.6. The molecule has 1 unspecified atom stereocenters. The number of amides is 3. The lowest BCUT2D eigenvalue weighted by molar-refractivity contribution is -0.117. The predicted molar refractivity (Wildman–Crippen MR) is 94.4 cm³/mol. The monoisotopic (exact) mass is 358 g/mol. The first-order valence-electron chi connectivity index (χ1n) is 8.59. The minimum Gasteiger partial charge on any atom is -0.376 e. The van der Waals surface area contributed by atoms with Crippen LogP contribution >= 0.6 is 0 Å². The van der Waals surface area contributed by atoms with Crippen molar-refractivity contribution in [2.24, 2.45) is 0 Å². The summed E-state index contributed by atoms with van der Waals surface area (Å²) < 4.78 is 10.3. The molecule has 1 aliphatic rings. The first-order chi connectivity index (χ1) is 12.7. The van der Waals surface area contributed by atoms with Gasteiger partial charge < -0.3 is 24.8 Å². The number of hydrogen-bond donors (Lipinski definition) is 2. The first-order valence-corrected chi connectivity index (χ1v) is 8.59. The predicted octanol–water partition coefficient (Wildman–Crippen LogP) is 2.00. The van der Waals surface area contributed by atoms with Gasteiger partial charge in [-0.15, -0.1) is 0 Å². The molecule has 2 heterocycles. The van der Waals surface area contributed by atoms with Gasteiger partial charge in [0.15, 0.2) is 5.82 Å². The van der Waals surface area contributed by atoms with Gasteiger partial charge in [0.25, 0.3) is 0 Å². The Hall–Kier alpha value is -2.87. The van der Waals surface area contributed by atoms with Gasteiger partial charge in [-0.25, -0.2) is 4.79 Å². The van der Waals surface area contributed by atoms with Crippen LogP contribution in [-0.4, -0.2) is 47.8 Å². The molecule has 0 spiro atoms. The van der Waals surface area contributed by atoms with Gasteiger partial charge in [0.05, 0.1) is 6.10 Å². The van der Waals surface area contributed by atoms with E-state index in [2.05, 4.69) is 20.3 Å². The number of urea groups is 1. The molecule has 0 radical (unpaired) electrons. The van der Waals surface area contributed by atoms with E-state index in [-0.39, 0.29) is 24.6 Å². The van der Waals surface area contributed by atoms with Crippen molar-refractivity contribution in [1.82, 2.24) is 15.4 Å². The standard InChI is InChI=1S/C18H22N4O4/c23-17(20-16-8-10-26-21-16)13-22(12-15-7-4-9-25-15)18(24)19-11-14-5-2-1-3-6-14/h1-3,5-6,8,10,15H,4,7,9,11-13H2,(H,19,24)(H,20,21,23). The normalized spacial score (nSPS) is 16.2. The van der Waals surface area contributed by atoms with Crippen molar-refractivity contribution in [2.75, 3.05) is 25.0 Å². The zero-order chi connectivity index (χ0) is 18.2. The fourth-order valence-corrected chi connectivity index (χ4v) is 2.77. The molecule has 138 valence electrons. The van der Waals surface area contributed by atoms with Crippen LogP contribution < -0.4 is 10.6 Å². The molecule has 2 N–H and O–H groups in total. The van der Waals surface area contributed by atoms with E-state index in [0.717, 1.165) is 18.4 Å². The summed E-state index contributed by atoms with van der Waals surface area (Å²) in [6.07, 6.45) is 3.17. The fraction of sp³-hybridized carbons (Fsp3) is 0.389. The van der Waals surface area contributed by atoms with Gasteiger partial charge in [-0.2, -0.15) is 0 Å². The average molecular weight is 358 g/mol. The molecule has 1 saturated heterocycles. The molecule has 0 aliphatic carbocycles. The first kappa shape index (κ1) is 17.9. The molecule has 1 aliphatic heterocycles. The molecule has 8 heteroatoms. The van der Waals surface area contributed by atoms with E-state index in [1.807, 2.05) is 30.3 Å². The lowest BCUT2D eigenvalue weighted by atomic mass is 10.2. The zero-order valence-electron chi connectivity index (χ0n) is 14.4. The van der Waals surface area contributed by atoms with E-state index in [1.165, 1.54) is 17.2 Å². The molecule has 1 atom stereocenters. The largest absolute Gasteiger partial charge is 0.376 e. The van der Waals surface area contributed by atoms with Crippen LogP contribution in [0.1, 0.15) is 18.4 Å². The molecule has 0 saturated carbocycles. The molecule has 1 fully saturated rings. The summed E-state index contributed by atoms with van der Waals surface area (Å²) in [7, 11) is 0. The SMILES string of the molecule is O=C(CN(CC1CCCO1)C(=O)NCc1ccccc1)Nc1ccon1. The van der Waals surface area contributed by atoms with Gasteiger partial charge in [-0.05, 0) is 18.4 Å². The highest BCUT2D eigenvalue weighted by atomic mass is 16.5. The molecular weight excluding hydrogens is 336 g/mol. The topological polar surface area (TPSA) is 96.7 Å². The zero-order valence-corrected chi connectivity index (χ0v) is 14.4. The van der Waals surface area contributed by atoms with Gasteiger partial charge >= 0.3 is 6.03 Å². The van der Waals surface area contributed by atoms with E-state index >= 15 is 0 Å². The maximum Gasteiger partial charge on any atom is 0.318 e. The number of aromatic nitrogens is 1. The minimum absolute atomic E-state index is 0.0441. The summed E-state index contributed by atoms with van der Waals surface area (Å²) >= 11 is 0. The fourth-order valence-electron chi connectivity index (χ4n) is 2.77. The van der Waals surface area contributed by atoms with Gasteiger partial charge in [-0.3, -0.25) is 4.79 Å². The highest BCUT2D eigenvalue weighted by Crippen LogP contribution is 2.14. The van der Waals surface area contributed by atoms with Crippen LogP contribution in [0.2, 0.25) is 0 Å². The Kier molecular flexibility index (Phi) is 6.21. The van der Waals surface area contributed by atoms with Crippen molar-refractivity contribution in [3.63, 3.8) is 0 Å². The van der Waals surface area contributed by atoms with Crippen molar-refractivity contribution in [3.8, 4) is 0 Å². The maximum atomic E-state index is 12.6. The van der Waals surface area contributed by atoms with Gasteiger partial charge in [0, 0.05) is 25.8 Å². The van der Waals surface area contributed by atoms with Crippen LogP contribution in [0.15, 0.2) is 47.2 Å². The number of nitrogens with zero attached hydrogens (tertiary/aromatic N) is 2. The van der Waals surface area contributed by atoms with Crippen molar-refractivity contribution in [3.05, 3.63) is 48.2 Å². The third-order valence-electron chi connectivity index (χ3n) is 4.06. The number of ether oxygens (including phenoxy) is 1. The Balaban J connectivity index is 1.57.